The van der Waals surface area contributed by atoms with Gasteiger partial charge in [-0.25, -0.2) is 0 Å². The van der Waals surface area contributed by atoms with Gasteiger partial charge >= 0.3 is 6.18 Å². The molecule has 0 bridgehead atoms. The first kappa shape index (κ1) is 21.8. The van der Waals surface area contributed by atoms with E-state index in [2.05, 4.69) is 22.8 Å². The summed E-state index contributed by atoms with van der Waals surface area (Å²) in [5, 5.41) is 16.3. The minimum Gasteiger partial charge on any atom is -0.353 e. The minimum atomic E-state index is -4.62. The maximum atomic E-state index is 13.6. The summed E-state index contributed by atoms with van der Waals surface area (Å²) in [6.45, 7) is 1.78. The third-order valence-electron chi connectivity index (χ3n) is 5.33. The monoisotopic (exact) mass is 468 g/mol. The zero-order valence-electron chi connectivity index (χ0n) is 16.3. The number of nitrogens with one attached hydrogen (secondary N) is 1. The first-order valence-electron chi connectivity index (χ1n) is 9.68. The number of piperazine rings is 1. The maximum absolute atomic E-state index is 13.6. The summed E-state index contributed by atoms with van der Waals surface area (Å²) in [7, 11) is 0. The number of thiol groups is 1. The Morgan fingerprint density at radius 1 is 1.13 bits per heavy atom. The number of benzene rings is 1. The molecule has 0 amide bonds. The van der Waals surface area contributed by atoms with E-state index in [0.29, 0.717) is 48.4 Å². The Morgan fingerprint density at radius 3 is 2.45 bits per heavy atom. The molecule has 0 saturated carbocycles. The SMILES string of the molecule is N=C(c1ccccc1S)N1CCN(c2nnc(C(F)(F)F)n2C2C=CC(Cl)=CC2)CC1. The smallest absolute Gasteiger partial charge is 0.353 e. The van der Waals surface area contributed by atoms with Crippen molar-refractivity contribution in [3.63, 3.8) is 0 Å². The van der Waals surface area contributed by atoms with Crippen molar-refractivity contribution < 1.29 is 13.2 Å². The lowest BCUT2D eigenvalue weighted by Gasteiger charge is -2.37. The first-order valence-corrected chi connectivity index (χ1v) is 10.5. The molecule has 1 saturated heterocycles. The molecule has 1 aromatic heterocycles. The maximum Gasteiger partial charge on any atom is 0.451 e. The van der Waals surface area contributed by atoms with Crippen molar-refractivity contribution in [3.8, 4) is 0 Å². The number of halogens is 4. The van der Waals surface area contributed by atoms with Gasteiger partial charge < -0.3 is 9.80 Å². The van der Waals surface area contributed by atoms with E-state index >= 15 is 0 Å². The van der Waals surface area contributed by atoms with Gasteiger partial charge in [-0.1, -0.05) is 42.0 Å². The summed E-state index contributed by atoms with van der Waals surface area (Å²) in [5.41, 5.74) is 0.720. The zero-order valence-corrected chi connectivity index (χ0v) is 18.0. The van der Waals surface area contributed by atoms with Crippen molar-refractivity contribution in [1.29, 1.82) is 5.41 Å². The summed E-state index contributed by atoms with van der Waals surface area (Å²) in [4.78, 5) is 4.38. The topological polar surface area (TPSA) is 61.0 Å². The van der Waals surface area contributed by atoms with Gasteiger partial charge in [-0.2, -0.15) is 13.2 Å². The molecule has 2 aliphatic rings. The highest BCUT2D eigenvalue weighted by Crippen LogP contribution is 2.36. The van der Waals surface area contributed by atoms with E-state index in [9.17, 15) is 13.2 Å². The van der Waals surface area contributed by atoms with Gasteiger partial charge in [0.15, 0.2) is 0 Å². The lowest BCUT2D eigenvalue weighted by molar-refractivity contribution is -0.147. The molecule has 4 rings (SSSR count). The molecular formula is C20H20ClF3N6S. The molecule has 1 unspecified atom stereocenters. The first-order chi connectivity index (χ1) is 14.8. The number of anilines is 1. The zero-order chi connectivity index (χ0) is 22.2. The fourth-order valence-electron chi connectivity index (χ4n) is 3.75. The molecule has 1 N–H and O–H groups in total. The highest BCUT2D eigenvalue weighted by molar-refractivity contribution is 7.80. The lowest BCUT2D eigenvalue weighted by Crippen LogP contribution is -2.49. The standard InChI is InChI=1S/C20H20ClF3N6S/c21-13-5-7-14(8-6-13)30-18(20(22,23)24)26-27-19(30)29-11-9-28(10-12-29)17(25)15-3-1-2-4-16(15)31/h1-7,14,25,31H,8-12H2. The average Bonchev–Trinajstić information content (AvgIpc) is 3.20. The van der Waals surface area contributed by atoms with E-state index in [4.69, 9.17) is 17.0 Å². The fraction of sp³-hybridized carbons (Fsp3) is 0.350. The van der Waals surface area contributed by atoms with Crippen molar-refractivity contribution in [1.82, 2.24) is 19.7 Å². The molecule has 1 fully saturated rings. The third kappa shape index (κ3) is 4.45. The highest BCUT2D eigenvalue weighted by Gasteiger charge is 2.41. The molecule has 2 aromatic rings. The molecule has 1 aromatic carbocycles. The predicted octanol–water partition coefficient (Wildman–Crippen LogP) is 4.36. The number of hydrogen-bond donors (Lipinski definition) is 2. The van der Waals surface area contributed by atoms with Crippen LogP contribution in [0.1, 0.15) is 23.9 Å². The van der Waals surface area contributed by atoms with Gasteiger partial charge in [0, 0.05) is 41.7 Å². The van der Waals surface area contributed by atoms with Crippen LogP contribution in [0.4, 0.5) is 19.1 Å². The van der Waals surface area contributed by atoms with Crippen molar-refractivity contribution in [2.75, 3.05) is 31.1 Å². The normalized spacial score (nSPS) is 19.5. The molecule has 2 heterocycles. The second kappa shape index (κ2) is 8.58. The summed E-state index contributed by atoms with van der Waals surface area (Å²) in [5.74, 6) is -0.505. The van der Waals surface area contributed by atoms with Crippen LogP contribution in [0.15, 0.2) is 52.4 Å². The van der Waals surface area contributed by atoms with Crippen LogP contribution >= 0.6 is 24.2 Å². The summed E-state index contributed by atoms with van der Waals surface area (Å²) in [6.07, 6.45) is 0.620. The van der Waals surface area contributed by atoms with Crippen LogP contribution in [0.2, 0.25) is 0 Å². The number of alkyl halides is 3. The van der Waals surface area contributed by atoms with Gasteiger partial charge in [0.2, 0.25) is 11.8 Å². The largest absolute Gasteiger partial charge is 0.451 e. The Morgan fingerprint density at radius 2 is 1.84 bits per heavy atom. The summed E-state index contributed by atoms with van der Waals surface area (Å²) in [6, 6.07) is 6.78. The number of allylic oxidation sites excluding steroid dienone is 4. The Kier molecular flexibility index (Phi) is 6.02. The molecule has 1 aliphatic carbocycles. The van der Waals surface area contributed by atoms with Crippen molar-refractivity contribution in [3.05, 3.63) is 58.9 Å². The van der Waals surface area contributed by atoms with Gasteiger partial charge in [0.05, 0.1) is 6.04 Å². The quantitative estimate of drug-likeness (QED) is 0.399. The highest BCUT2D eigenvalue weighted by atomic mass is 35.5. The van der Waals surface area contributed by atoms with E-state index in [1.54, 1.807) is 23.1 Å². The molecule has 1 atom stereocenters. The Hall–Kier alpha value is -2.46. The predicted molar refractivity (Wildman–Crippen MR) is 116 cm³/mol. The molecule has 11 heteroatoms. The van der Waals surface area contributed by atoms with Crippen LogP contribution in [-0.4, -0.2) is 51.7 Å². The van der Waals surface area contributed by atoms with Crippen LogP contribution in [0.3, 0.4) is 0 Å². The van der Waals surface area contributed by atoms with E-state index < -0.39 is 18.0 Å². The number of hydrogen-bond acceptors (Lipinski definition) is 5. The van der Waals surface area contributed by atoms with E-state index in [1.807, 2.05) is 29.2 Å². The van der Waals surface area contributed by atoms with Crippen LogP contribution in [0.25, 0.3) is 0 Å². The second-order valence-electron chi connectivity index (χ2n) is 7.28. The van der Waals surface area contributed by atoms with E-state index in [1.165, 1.54) is 0 Å². The van der Waals surface area contributed by atoms with Crippen LogP contribution in [0, 0.1) is 5.41 Å². The number of rotatable bonds is 3. The van der Waals surface area contributed by atoms with E-state index in [0.717, 1.165) is 10.1 Å². The number of amidine groups is 1. The summed E-state index contributed by atoms with van der Waals surface area (Å²) < 4.78 is 41.9. The Bertz CT molecular complexity index is 1040. The molecule has 1 aliphatic heterocycles. The van der Waals surface area contributed by atoms with Crippen molar-refractivity contribution in [2.45, 2.75) is 23.5 Å². The molecule has 6 nitrogen and oxygen atoms in total. The van der Waals surface area contributed by atoms with Crippen molar-refractivity contribution in [2.24, 2.45) is 0 Å². The third-order valence-corrected chi connectivity index (χ3v) is 6.00. The second-order valence-corrected chi connectivity index (χ2v) is 8.20. The van der Waals surface area contributed by atoms with Crippen LogP contribution in [-0.2, 0) is 6.18 Å². The van der Waals surface area contributed by atoms with Gasteiger partial charge in [0.1, 0.15) is 5.84 Å². The van der Waals surface area contributed by atoms with Gasteiger partial charge in [-0.15, -0.1) is 22.8 Å². The summed E-state index contributed by atoms with van der Waals surface area (Å²) >= 11 is 10.4. The fourth-order valence-corrected chi connectivity index (χ4v) is 4.17. The Balaban J connectivity index is 1.55. The van der Waals surface area contributed by atoms with Gasteiger partial charge in [-0.3, -0.25) is 9.98 Å². The van der Waals surface area contributed by atoms with Crippen LogP contribution in [0.5, 0.6) is 0 Å². The average molecular weight is 469 g/mol. The van der Waals surface area contributed by atoms with Crippen LogP contribution < -0.4 is 4.90 Å². The number of aromatic nitrogens is 3. The van der Waals surface area contributed by atoms with Gasteiger partial charge in [0.25, 0.3) is 0 Å². The van der Waals surface area contributed by atoms with Gasteiger partial charge in [-0.05, 0) is 18.6 Å². The molecule has 0 spiro atoms. The van der Waals surface area contributed by atoms with E-state index in [-0.39, 0.29) is 5.95 Å². The minimum absolute atomic E-state index is 0.175. The molecular weight excluding hydrogens is 449 g/mol. The van der Waals surface area contributed by atoms with Crippen molar-refractivity contribution >= 4 is 36.0 Å². The number of nitrogens with zero attached hydrogens (tertiary/aromatic N) is 5. The molecule has 31 heavy (non-hydrogen) atoms. The molecule has 164 valence electrons. The Labute approximate surface area is 187 Å². The molecule has 0 radical (unpaired) electrons. The lowest BCUT2D eigenvalue weighted by atomic mass is 10.1.